The first-order valence-corrected chi connectivity index (χ1v) is 8.24. The van der Waals surface area contributed by atoms with Crippen LogP contribution >= 0.6 is 11.8 Å². The van der Waals surface area contributed by atoms with E-state index in [1.165, 1.54) is 6.07 Å². The van der Waals surface area contributed by atoms with E-state index in [0.29, 0.717) is 10.9 Å². The Balaban J connectivity index is 1.79. The second-order valence-electron chi connectivity index (χ2n) is 5.23. The molecular formula is C17H13F2N3O2S. The summed E-state index contributed by atoms with van der Waals surface area (Å²) in [7, 11) is 0. The lowest BCUT2D eigenvalue weighted by atomic mass is 10.2. The summed E-state index contributed by atoms with van der Waals surface area (Å²) in [4.78, 5) is 31.1. The van der Waals surface area contributed by atoms with Crippen LogP contribution in [0.15, 0.2) is 52.4 Å². The number of benzene rings is 2. The van der Waals surface area contributed by atoms with Crippen molar-refractivity contribution in [1.29, 1.82) is 0 Å². The van der Waals surface area contributed by atoms with E-state index < -0.39 is 28.5 Å². The van der Waals surface area contributed by atoms with Gasteiger partial charge in [-0.1, -0.05) is 30.0 Å². The first kappa shape index (κ1) is 17.1. The van der Waals surface area contributed by atoms with Gasteiger partial charge in [0.25, 0.3) is 5.56 Å². The minimum absolute atomic E-state index is 0.250. The van der Waals surface area contributed by atoms with Gasteiger partial charge in [0.2, 0.25) is 5.91 Å². The second-order valence-corrected chi connectivity index (χ2v) is 6.56. The molecule has 1 aromatic heterocycles. The van der Waals surface area contributed by atoms with Crippen LogP contribution in [0.3, 0.4) is 0 Å². The highest BCUT2D eigenvalue weighted by atomic mass is 32.2. The fourth-order valence-corrected chi connectivity index (χ4v) is 2.99. The van der Waals surface area contributed by atoms with Gasteiger partial charge in [0.15, 0.2) is 5.16 Å². The smallest absolute Gasteiger partial charge is 0.259 e. The molecule has 3 aromatic rings. The van der Waals surface area contributed by atoms with E-state index in [1.54, 1.807) is 31.2 Å². The van der Waals surface area contributed by atoms with E-state index in [1.807, 2.05) is 0 Å². The number of fused-ring (bicyclic) bond motifs is 1. The summed E-state index contributed by atoms with van der Waals surface area (Å²) in [5, 5.41) is 2.18. The molecule has 0 aliphatic heterocycles. The summed E-state index contributed by atoms with van der Waals surface area (Å²) < 4.78 is 27.2. The minimum atomic E-state index is -0.859. The zero-order valence-electron chi connectivity index (χ0n) is 13.0. The molecule has 2 N–H and O–H groups in total. The SMILES string of the molecule is CC(Sc1nc2ccccc2c(=O)[nH]1)C(=O)Nc1c(F)cccc1F. The van der Waals surface area contributed by atoms with Crippen molar-refractivity contribution in [2.75, 3.05) is 5.32 Å². The predicted octanol–water partition coefficient (Wildman–Crippen LogP) is 3.32. The summed E-state index contributed by atoms with van der Waals surface area (Å²) >= 11 is 0.988. The van der Waals surface area contributed by atoms with Crippen molar-refractivity contribution < 1.29 is 13.6 Å². The van der Waals surface area contributed by atoms with Crippen molar-refractivity contribution in [3.63, 3.8) is 0 Å². The zero-order chi connectivity index (χ0) is 18.0. The molecule has 0 spiro atoms. The number of carbonyl (C=O) groups is 1. The summed E-state index contributed by atoms with van der Waals surface area (Å²) in [6, 6.07) is 10.1. The number of anilines is 1. The molecule has 0 saturated heterocycles. The molecule has 0 saturated carbocycles. The molecular weight excluding hydrogens is 348 g/mol. The van der Waals surface area contributed by atoms with E-state index in [2.05, 4.69) is 15.3 Å². The molecule has 1 unspecified atom stereocenters. The van der Waals surface area contributed by atoms with Crippen molar-refractivity contribution in [2.45, 2.75) is 17.3 Å². The van der Waals surface area contributed by atoms with Crippen molar-refractivity contribution >= 4 is 34.3 Å². The molecule has 0 bridgehead atoms. The van der Waals surface area contributed by atoms with Gasteiger partial charge in [-0.05, 0) is 31.2 Å². The number of nitrogens with one attached hydrogen (secondary N) is 2. The Morgan fingerprint density at radius 1 is 1.16 bits per heavy atom. The molecule has 0 radical (unpaired) electrons. The summed E-state index contributed by atoms with van der Waals surface area (Å²) in [5.74, 6) is -2.32. The van der Waals surface area contributed by atoms with Crippen LogP contribution in [-0.4, -0.2) is 21.1 Å². The minimum Gasteiger partial charge on any atom is -0.320 e. The number of nitrogens with zero attached hydrogens (tertiary/aromatic N) is 1. The lowest BCUT2D eigenvalue weighted by Gasteiger charge is -2.12. The molecule has 8 heteroatoms. The summed E-state index contributed by atoms with van der Waals surface area (Å²) in [6.07, 6.45) is 0. The van der Waals surface area contributed by atoms with E-state index in [9.17, 15) is 18.4 Å². The highest BCUT2D eigenvalue weighted by molar-refractivity contribution is 8.00. The lowest BCUT2D eigenvalue weighted by molar-refractivity contribution is -0.115. The number of hydrogen-bond donors (Lipinski definition) is 2. The van der Waals surface area contributed by atoms with Crippen LogP contribution in [0, 0.1) is 11.6 Å². The van der Waals surface area contributed by atoms with Crippen LogP contribution in [-0.2, 0) is 4.79 Å². The standard InChI is InChI=1S/C17H13F2N3O2S/c1-9(15(23)21-14-11(18)6-4-7-12(14)19)25-17-20-13-8-3-2-5-10(13)16(24)22-17/h2-9H,1H3,(H,21,23)(H,20,22,24). The van der Waals surface area contributed by atoms with Crippen LogP contribution < -0.4 is 10.9 Å². The third-order valence-electron chi connectivity index (χ3n) is 3.46. The molecule has 0 fully saturated rings. The topological polar surface area (TPSA) is 74.8 Å². The maximum Gasteiger partial charge on any atom is 0.259 e. The maximum atomic E-state index is 13.6. The highest BCUT2D eigenvalue weighted by Crippen LogP contribution is 2.23. The number of hydrogen-bond acceptors (Lipinski definition) is 4. The Morgan fingerprint density at radius 3 is 2.56 bits per heavy atom. The number of H-pyrrole nitrogens is 1. The van der Waals surface area contributed by atoms with Crippen molar-refractivity contribution in [3.05, 3.63) is 64.5 Å². The van der Waals surface area contributed by atoms with Gasteiger partial charge >= 0.3 is 0 Å². The Labute approximate surface area is 145 Å². The monoisotopic (exact) mass is 361 g/mol. The quantitative estimate of drug-likeness (QED) is 0.552. The summed E-state index contributed by atoms with van der Waals surface area (Å²) in [6.45, 7) is 1.55. The van der Waals surface area contributed by atoms with E-state index in [-0.39, 0.29) is 10.7 Å². The Kier molecular flexibility index (Phi) is 4.80. The fourth-order valence-electron chi connectivity index (χ4n) is 2.18. The van der Waals surface area contributed by atoms with Gasteiger partial charge in [-0.15, -0.1) is 0 Å². The molecule has 5 nitrogen and oxygen atoms in total. The number of para-hydroxylation sites is 2. The molecule has 25 heavy (non-hydrogen) atoms. The Morgan fingerprint density at radius 2 is 1.84 bits per heavy atom. The van der Waals surface area contributed by atoms with Gasteiger partial charge in [-0.25, -0.2) is 13.8 Å². The molecule has 1 atom stereocenters. The van der Waals surface area contributed by atoms with Crippen molar-refractivity contribution in [3.8, 4) is 0 Å². The largest absolute Gasteiger partial charge is 0.320 e. The normalized spacial score (nSPS) is 12.1. The van der Waals surface area contributed by atoms with Gasteiger partial charge in [0.05, 0.1) is 16.2 Å². The van der Waals surface area contributed by atoms with Gasteiger partial charge in [-0.3, -0.25) is 9.59 Å². The fraction of sp³-hybridized carbons (Fsp3) is 0.118. The van der Waals surface area contributed by atoms with Crippen molar-refractivity contribution in [1.82, 2.24) is 9.97 Å². The molecule has 2 aromatic carbocycles. The summed E-state index contributed by atoms with van der Waals surface area (Å²) in [5.41, 5.74) is -0.317. The van der Waals surface area contributed by atoms with Crippen molar-refractivity contribution in [2.24, 2.45) is 0 Å². The van der Waals surface area contributed by atoms with Gasteiger partial charge in [0.1, 0.15) is 17.3 Å². The zero-order valence-corrected chi connectivity index (χ0v) is 13.9. The van der Waals surface area contributed by atoms with E-state index in [4.69, 9.17) is 0 Å². The number of aromatic nitrogens is 2. The number of aromatic amines is 1. The Bertz CT molecular complexity index is 986. The predicted molar refractivity (Wildman–Crippen MR) is 92.7 cm³/mol. The molecule has 128 valence electrons. The van der Waals surface area contributed by atoms with Crippen LogP contribution in [0.2, 0.25) is 0 Å². The molecule has 1 heterocycles. The highest BCUT2D eigenvalue weighted by Gasteiger charge is 2.19. The number of thioether (sulfide) groups is 1. The number of halogens is 2. The van der Waals surface area contributed by atoms with Gasteiger partial charge < -0.3 is 10.3 Å². The van der Waals surface area contributed by atoms with Crippen LogP contribution in [0.4, 0.5) is 14.5 Å². The van der Waals surface area contributed by atoms with E-state index in [0.717, 1.165) is 23.9 Å². The molecule has 0 aliphatic carbocycles. The first-order chi connectivity index (χ1) is 12.0. The molecule has 0 aliphatic rings. The average molecular weight is 361 g/mol. The number of carbonyl (C=O) groups excluding carboxylic acids is 1. The second kappa shape index (κ2) is 7.02. The van der Waals surface area contributed by atoms with Gasteiger partial charge in [-0.2, -0.15) is 0 Å². The molecule has 1 amide bonds. The first-order valence-electron chi connectivity index (χ1n) is 7.36. The third kappa shape index (κ3) is 3.69. The van der Waals surface area contributed by atoms with Crippen LogP contribution in [0.1, 0.15) is 6.92 Å². The van der Waals surface area contributed by atoms with Gasteiger partial charge in [0, 0.05) is 0 Å². The Hall–Kier alpha value is -2.74. The number of amides is 1. The van der Waals surface area contributed by atoms with Crippen LogP contribution in [0.25, 0.3) is 10.9 Å². The maximum absolute atomic E-state index is 13.6. The van der Waals surface area contributed by atoms with E-state index >= 15 is 0 Å². The lowest BCUT2D eigenvalue weighted by Crippen LogP contribution is -2.24. The third-order valence-corrected chi connectivity index (χ3v) is 4.44. The molecule has 3 rings (SSSR count). The average Bonchev–Trinajstić information content (AvgIpc) is 2.58. The van der Waals surface area contributed by atoms with Crippen LogP contribution in [0.5, 0.6) is 0 Å². The number of rotatable bonds is 4.